The number of ether oxygens (including phenoxy) is 2. The molecule has 0 aliphatic carbocycles. The number of carbonyl (C=O) groups is 1. The van der Waals surface area contributed by atoms with E-state index in [1.807, 2.05) is 13.0 Å². The number of nitrogens with one attached hydrogen (secondary N) is 1. The Bertz CT molecular complexity index is 792. The van der Waals surface area contributed by atoms with Gasteiger partial charge >= 0.3 is 5.63 Å². The molecule has 1 N–H and O–H groups in total. The van der Waals surface area contributed by atoms with Crippen LogP contribution >= 0.6 is 0 Å². The molecule has 0 spiro atoms. The van der Waals surface area contributed by atoms with Crippen molar-refractivity contribution < 1.29 is 18.7 Å². The van der Waals surface area contributed by atoms with Gasteiger partial charge < -0.3 is 19.2 Å². The summed E-state index contributed by atoms with van der Waals surface area (Å²) in [6, 6.07) is 6.66. The Morgan fingerprint density at radius 2 is 2.25 bits per heavy atom. The number of amides is 1. The predicted octanol–water partition coefficient (Wildman–Crippen LogP) is 2.16. The number of carbonyl (C=O) groups excluding carboxylic acids is 1. The van der Waals surface area contributed by atoms with Crippen LogP contribution in [0, 0.1) is 6.92 Å². The van der Waals surface area contributed by atoms with E-state index < -0.39 is 11.7 Å². The van der Waals surface area contributed by atoms with Crippen molar-refractivity contribution in [3.63, 3.8) is 0 Å². The molecule has 2 atom stereocenters. The van der Waals surface area contributed by atoms with Gasteiger partial charge in [0.2, 0.25) is 0 Å². The smallest absolute Gasteiger partial charge is 0.336 e. The van der Waals surface area contributed by atoms with Crippen LogP contribution in [-0.2, 0) is 9.53 Å². The first kappa shape index (κ1) is 16.5. The van der Waals surface area contributed by atoms with Crippen molar-refractivity contribution in [1.29, 1.82) is 0 Å². The molecule has 2 aromatic rings. The normalized spacial score (nSPS) is 18.5. The van der Waals surface area contributed by atoms with Gasteiger partial charge in [0.15, 0.2) is 6.10 Å². The number of fused-ring (bicyclic) bond motifs is 1. The van der Waals surface area contributed by atoms with Gasteiger partial charge in [-0.3, -0.25) is 4.79 Å². The molecule has 128 valence electrons. The standard InChI is InChI=1S/C18H21NO5/c1-11-8-17(20)24-16-9-13(5-6-15(11)16)23-12(2)18(21)19-10-14-4-3-7-22-14/h5-6,8-9,12,14H,3-4,7,10H2,1-2H3,(H,19,21)/t12-,14-/m0/s1. The van der Waals surface area contributed by atoms with Gasteiger partial charge in [0.1, 0.15) is 11.3 Å². The van der Waals surface area contributed by atoms with Crippen LogP contribution in [0.1, 0.15) is 25.3 Å². The molecule has 1 aliphatic rings. The first-order valence-corrected chi connectivity index (χ1v) is 8.13. The molecule has 1 saturated heterocycles. The summed E-state index contributed by atoms with van der Waals surface area (Å²) < 4.78 is 16.3. The average molecular weight is 331 g/mol. The predicted molar refractivity (Wildman–Crippen MR) is 89.3 cm³/mol. The SMILES string of the molecule is Cc1cc(=O)oc2cc(O[C@@H](C)C(=O)NC[C@@H]3CCCO3)ccc12. The highest BCUT2D eigenvalue weighted by atomic mass is 16.5. The third-order valence-electron chi connectivity index (χ3n) is 4.13. The monoisotopic (exact) mass is 331 g/mol. The highest BCUT2D eigenvalue weighted by molar-refractivity contribution is 5.82. The van der Waals surface area contributed by atoms with Crippen molar-refractivity contribution in [1.82, 2.24) is 5.32 Å². The topological polar surface area (TPSA) is 77.8 Å². The molecule has 1 aromatic heterocycles. The maximum atomic E-state index is 12.1. The number of aryl methyl sites for hydroxylation is 1. The summed E-state index contributed by atoms with van der Waals surface area (Å²) in [6.45, 7) is 4.79. The maximum Gasteiger partial charge on any atom is 0.336 e. The van der Waals surface area contributed by atoms with Crippen LogP contribution in [0.2, 0.25) is 0 Å². The van der Waals surface area contributed by atoms with Crippen molar-refractivity contribution in [3.8, 4) is 5.75 Å². The highest BCUT2D eigenvalue weighted by Crippen LogP contribution is 2.23. The molecule has 3 rings (SSSR count). The van der Waals surface area contributed by atoms with Crippen molar-refractivity contribution in [2.45, 2.75) is 38.9 Å². The molecule has 6 nitrogen and oxygen atoms in total. The minimum atomic E-state index is -0.652. The Labute approximate surface area is 139 Å². The lowest BCUT2D eigenvalue weighted by molar-refractivity contribution is -0.127. The lowest BCUT2D eigenvalue weighted by Crippen LogP contribution is -2.40. The van der Waals surface area contributed by atoms with Gasteiger partial charge in [-0.05, 0) is 44.4 Å². The van der Waals surface area contributed by atoms with Crippen LogP contribution in [0.3, 0.4) is 0 Å². The second-order valence-electron chi connectivity index (χ2n) is 6.05. The van der Waals surface area contributed by atoms with Crippen molar-refractivity contribution in [2.75, 3.05) is 13.2 Å². The second kappa shape index (κ2) is 7.05. The fraction of sp³-hybridized carbons (Fsp3) is 0.444. The van der Waals surface area contributed by atoms with E-state index in [1.54, 1.807) is 19.1 Å². The number of hydrogen-bond donors (Lipinski definition) is 1. The molecule has 0 saturated carbocycles. The largest absolute Gasteiger partial charge is 0.481 e. The minimum Gasteiger partial charge on any atom is -0.481 e. The molecule has 1 aromatic carbocycles. The van der Waals surface area contributed by atoms with E-state index in [4.69, 9.17) is 13.9 Å². The van der Waals surface area contributed by atoms with Crippen LogP contribution < -0.4 is 15.7 Å². The summed E-state index contributed by atoms with van der Waals surface area (Å²) in [6.07, 6.45) is 1.45. The molecule has 6 heteroatoms. The van der Waals surface area contributed by atoms with Crippen LogP contribution in [0.15, 0.2) is 33.5 Å². The molecular formula is C18H21NO5. The van der Waals surface area contributed by atoms with Crippen LogP contribution in [-0.4, -0.2) is 31.3 Å². The zero-order chi connectivity index (χ0) is 17.1. The second-order valence-corrected chi connectivity index (χ2v) is 6.05. The number of rotatable bonds is 5. The summed E-state index contributed by atoms with van der Waals surface area (Å²) in [5, 5.41) is 3.68. The molecule has 0 radical (unpaired) electrons. The molecule has 0 bridgehead atoms. The zero-order valence-electron chi connectivity index (χ0n) is 13.8. The van der Waals surface area contributed by atoms with Gasteiger partial charge in [0, 0.05) is 30.7 Å². The van der Waals surface area contributed by atoms with E-state index in [0.29, 0.717) is 17.9 Å². The Morgan fingerprint density at radius 3 is 3.00 bits per heavy atom. The Morgan fingerprint density at radius 1 is 1.42 bits per heavy atom. The summed E-state index contributed by atoms with van der Waals surface area (Å²) in [5.74, 6) is 0.285. The van der Waals surface area contributed by atoms with E-state index in [-0.39, 0.29) is 12.0 Å². The first-order chi connectivity index (χ1) is 11.5. The average Bonchev–Trinajstić information content (AvgIpc) is 3.05. The van der Waals surface area contributed by atoms with Crippen LogP contribution in [0.25, 0.3) is 11.0 Å². The lowest BCUT2D eigenvalue weighted by atomic mass is 10.1. The Hall–Kier alpha value is -2.34. The summed E-state index contributed by atoms with van der Waals surface area (Å²) in [5.41, 5.74) is 0.888. The lowest BCUT2D eigenvalue weighted by Gasteiger charge is -2.16. The fourth-order valence-corrected chi connectivity index (χ4v) is 2.80. The molecule has 1 amide bonds. The summed E-state index contributed by atoms with van der Waals surface area (Å²) in [7, 11) is 0. The van der Waals surface area contributed by atoms with E-state index in [0.717, 1.165) is 30.4 Å². The van der Waals surface area contributed by atoms with Crippen LogP contribution in [0.5, 0.6) is 5.75 Å². The highest BCUT2D eigenvalue weighted by Gasteiger charge is 2.19. The quantitative estimate of drug-likeness (QED) is 0.850. The molecule has 2 heterocycles. The molecule has 1 aliphatic heterocycles. The summed E-state index contributed by atoms with van der Waals surface area (Å²) >= 11 is 0. The van der Waals surface area contributed by atoms with Crippen molar-refractivity contribution >= 4 is 16.9 Å². The molecule has 24 heavy (non-hydrogen) atoms. The summed E-state index contributed by atoms with van der Waals surface area (Å²) in [4.78, 5) is 23.6. The van der Waals surface area contributed by atoms with Gasteiger partial charge in [0.25, 0.3) is 5.91 Å². The molecular weight excluding hydrogens is 310 g/mol. The Balaban J connectivity index is 1.64. The van der Waals surface area contributed by atoms with E-state index in [1.165, 1.54) is 6.07 Å². The van der Waals surface area contributed by atoms with Gasteiger partial charge in [-0.15, -0.1) is 0 Å². The minimum absolute atomic E-state index is 0.0964. The van der Waals surface area contributed by atoms with E-state index >= 15 is 0 Å². The van der Waals surface area contributed by atoms with Gasteiger partial charge in [-0.1, -0.05) is 0 Å². The third kappa shape index (κ3) is 3.76. The van der Waals surface area contributed by atoms with Crippen LogP contribution in [0.4, 0.5) is 0 Å². The van der Waals surface area contributed by atoms with Gasteiger partial charge in [-0.2, -0.15) is 0 Å². The zero-order valence-corrected chi connectivity index (χ0v) is 13.8. The maximum absolute atomic E-state index is 12.1. The fourth-order valence-electron chi connectivity index (χ4n) is 2.80. The number of benzene rings is 1. The molecule has 0 unspecified atom stereocenters. The van der Waals surface area contributed by atoms with Crippen molar-refractivity contribution in [2.24, 2.45) is 0 Å². The first-order valence-electron chi connectivity index (χ1n) is 8.13. The van der Waals surface area contributed by atoms with Gasteiger partial charge in [-0.25, -0.2) is 4.79 Å². The third-order valence-corrected chi connectivity index (χ3v) is 4.13. The van der Waals surface area contributed by atoms with E-state index in [2.05, 4.69) is 5.32 Å². The van der Waals surface area contributed by atoms with Crippen molar-refractivity contribution in [3.05, 3.63) is 40.2 Å². The van der Waals surface area contributed by atoms with Gasteiger partial charge in [0.05, 0.1) is 6.10 Å². The van der Waals surface area contributed by atoms with E-state index in [9.17, 15) is 9.59 Å². The number of hydrogen-bond acceptors (Lipinski definition) is 5. The molecule has 1 fully saturated rings. The Kier molecular flexibility index (Phi) is 4.85.